The van der Waals surface area contributed by atoms with Gasteiger partial charge < -0.3 is 0 Å². The van der Waals surface area contributed by atoms with Crippen molar-refractivity contribution in [2.24, 2.45) is 0 Å². The number of rotatable bonds is 1. The van der Waals surface area contributed by atoms with Crippen LogP contribution in [0.1, 0.15) is 10.5 Å². The first-order valence-electron chi connectivity index (χ1n) is 4.36. The minimum Gasteiger partial charge on any atom is -0.266 e. The first-order valence-corrected chi connectivity index (χ1v) is 4.36. The Bertz CT molecular complexity index is 557. The van der Waals surface area contributed by atoms with Crippen LogP contribution in [0.5, 0.6) is 0 Å². The largest absolute Gasteiger partial charge is 0.282 e. The summed E-state index contributed by atoms with van der Waals surface area (Å²) < 4.78 is 0. The molecular weight excluding hydrogens is 190 g/mol. The Kier molecular flexibility index (Phi) is 2.30. The van der Waals surface area contributed by atoms with Crippen LogP contribution in [0.3, 0.4) is 0 Å². The third-order valence-electron chi connectivity index (χ3n) is 2.00. The van der Waals surface area contributed by atoms with Gasteiger partial charge in [0.05, 0.1) is 5.52 Å². The minimum atomic E-state index is -0.483. The van der Waals surface area contributed by atoms with Crippen molar-refractivity contribution >= 4 is 16.8 Å². The lowest BCUT2D eigenvalue weighted by Crippen LogP contribution is -2.18. The number of benzene rings is 1. The number of hydrogen-bond donors (Lipinski definition) is 1. The van der Waals surface area contributed by atoms with E-state index in [0.29, 0.717) is 0 Å². The summed E-state index contributed by atoms with van der Waals surface area (Å²) in [5.74, 6) is -0.483. The summed E-state index contributed by atoms with van der Waals surface area (Å²) in [6.45, 7) is 0. The van der Waals surface area contributed by atoms with Gasteiger partial charge in [-0.2, -0.15) is 5.26 Å². The van der Waals surface area contributed by atoms with Crippen LogP contribution in [-0.4, -0.2) is 10.9 Å². The van der Waals surface area contributed by atoms with Crippen LogP contribution in [0.15, 0.2) is 36.4 Å². The SMILES string of the molecule is N#CNC(=O)c1ccc2ccccc2n1. The standard InChI is InChI=1S/C11H7N3O/c12-7-13-11(15)10-6-5-8-3-1-2-4-9(8)14-10/h1-6H,(H,13,15). The van der Waals surface area contributed by atoms with E-state index < -0.39 is 5.91 Å². The van der Waals surface area contributed by atoms with Gasteiger partial charge in [-0.3, -0.25) is 10.1 Å². The number of pyridine rings is 1. The maximum absolute atomic E-state index is 11.3. The zero-order valence-electron chi connectivity index (χ0n) is 7.77. The highest BCUT2D eigenvalue weighted by Gasteiger charge is 2.06. The monoisotopic (exact) mass is 197 g/mol. The lowest BCUT2D eigenvalue weighted by atomic mass is 10.2. The number of nitriles is 1. The van der Waals surface area contributed by atoms with Gasteiger partial charge in [-0.15, -0.1) is 0 Å². The number of hydrogen-bond acceptors (Lipinski definition) is 3. The molecular formula is C11H7N3O. The molecule has 1 heterocycles. The quantitative estimate of drug-likeness (QED) is 0.555. The Morgan fingerprint density at radius 2 is 2.07 bits per heavy atom. The fraction of sp³-hybridized carbons (Fsp3) is 0. The first kappa shape index (κ1) is 9.16. The van der Waals surface area contributed by atoms with E-state index in [-0.39, 0.29) is 5.69 Å². The fourth-order valence-corrected chi connectivity index (χ4v) is 1.31. The molecule has 4 heteroatoms. The molecule has 0 aliphatic rings. The lowest BCUT2D eigenvalue weighted by molar-refractivity contribution is 0.0968. The van der Waals surface area contributed by atoms with Crippen molar-refractivity contribution in [2.75, 3.05) is 0 Å². The normalized spacial score (nSPS) is 9.53. The average molecular weight is 197 g/mol. The van der Waals surface area contributed by atoms with Crippen molar-refractivity contribution in [3.63, 3.8) is 0 Å². The molecule has 0 bridgehead atoms. The van der Waals surface area contributed by atoms with Crippen LogP contribution in [0.2, 0.25) is 0 Å². The molecule has 2 rings (SSSR count). The van der Waals surface area contributed by atoms with Gasteiger partial charge >= 0.3 is 0 Å². The summed E-state index contributed by atoms with van der Waals surface area (Å²) in [6.07, 6.45) is 1.57. The molecule has 0 atom stereocenters. The predicted molar refractivity (Wildman–Crippen MR) is 54.8 cm³/mol. The predicted octanol–water partition coefficient (Wildman–Crippen LogP) is 1.45. The van der Waals surface area contributed by atoms with Crippen molar-refractivity contribution in [2.45, 2.75) is 0 Å². The summed E-state index contributed by atoms with van der Waals surface area (Å²) in [5, 5.41) is 11.3. The third-order valence-corrected chi connectivity index (χ3v) is 2.00. The van der Waals surface area contributed by atoms with Crippen LogP contribution in [0, 0.1) is 11.5 Å². The Balaban J connectivity index is 2.48. The van der Waals surface area contributed by atoms with Crippen LogP contribution in [0.25, 0.3) is 10.9 Å². The van der Waals surface area contributed by atoms with Gasteiger partial charge in [0.2, 0.25) is 0 Å². The zero-order chi connectivity index (χ0) is 10.7. The average Bonchev–Trinajstić information content (AvgIpc) is 2.29. The summed E-state index contributed by atoms with van der Waals surface area (Å²) >= 11 is 0. The second kappa shape index (κ2) is 3.76. The molecule has 72 valence electrons. The Morgan fingerprint density at radius 1 is 1.27 bits per heavy atom. The van der Waals surface area contributed by atoms with Gasteiger partial charge in [0, 0.05) is 5.39 Å². The van der Waals surface area contributed by atoms with Gasteiger partial charge in [-0.05, 0) is 12.1 Å². The number of nitrogens with zero attached hydrogens (tertiary/aromatic N) is 2. The van der Waals surface area contributed by atoms with E-state index >= 15 is 0 Å². The molecule has 0 spiro atoms. The molecule has 15 heavy (non-hydrogen) atoms. The molecule has 2 aromatic rings. The van der Waals surface area contributed by atoms with Crippen LogP contribution in [0.4, 0.5) is 0 Å². The van der Waals surface area contributed by atoms with E-state index in [4.69, 9.17) is 5.26 Å². The second-order valence-corrected chi connectivity index (χ2v) is 2.96. The van der Waals surface area contributed by atoms with E-state index in [9.17, 15) is 4.79 Å². The molecule has 0 aliphatic carbocycles. The minimum absolute atomic E-state index is 0.246. The second-order valence-electron chi connectivity index (χ2n) is 2.96. The number of fused-ring (bicyclic) bond motifs is 1. The van der Waals surface area contributed by atoms with E-state index in [2.05, 4.69) is 4.98 Å². The zero-order valence-corrected chi connectivity index (χ0v) is 7.77. The number of nitrogens with one attached hydrogen (secondary N) is 1. The summed E-state index contributed by atoms with van der Waals surface area (Å²) in [6, 6.07) is 10.9. The molecule has 1 amide bonds. The van der Waals surface area contributed by atoms with Crippen molar-refractivity contribution < 1.29 is 4.79 Å². The number of para-hydroxylation sites is 1. The van der Waals surface area contributed by atoms with E-state index in [1.807, 2.05) is 29.6 Å². The number of carbonyl (C=O) groups excluding carboxylic acids is 1. The van der Waals surface area contributed by atoms with E-state index in [1.165, 1.54) is 0 Å². The molecule has 0 saturated carbocycles. The van der Waals surface area contributed by atoms with Crippen molar-refractivity contribution in [3.05, 3.63) is 42.1 Å². The van der Waals surface area contributed by atoms with Crippen LogP contribution >= 0.6 is 0 Å². The van der Waals surface area contributed by atoms with Gasteiger partial charge in [0.25, 0.3) is 5.91 Å². The van der Waals surface area contributed by atoms with E-state index in [1.54, 1.807) is 18.3 Å². The van der Waals surface area contributed by atoms with E-state index in [0.717, 1.165) is 10.9 Å². The third kappa shape index (κ3) is 1.76. The molecule has 0 fully saturated rings. The summed E-state index contributed by atoms with van der Waals surface area (Å²) in [5.41, 5.74) is 0.985. The van der Waals surface area contributed by atoms with Crippen LogP contribution < -0.4 is 5.32 Å². The highest BCUT2D eigenvalue weighted by Crippen LogP contribution is 2.11. The highest BCUT2D eigenvalue weighted by molar-refractivity contribution is 5.95. The Hall–Kier alpha value is -2.41. The van der Waals surface area contributed by atoms with Crippen molar-refractivity contribution in [1.29, 1.82) is 5.26 Å². The maximum Gasteiger partial charge on any atom is 0.282 e. The number of aromatic nitrogens is 1. The lowest BCUT2D eigenvalue weighted by Gasteiger charge is -1.99. The molecule has 0 saturated heterocycles. The van der Waals surface area contributed by atoms with Gasteiger partial charge in [-0.1, -0.05) is 24.3 Å². The molecule has 4 nitrogen and oxygen atoms in total. The fourth-order valence-electron chi connectivity index (χ4n) is 1.31. The number of carbonyl (C=O) groups is 1. The Morgan fingerprint density at radius 3 is 2.87 bits per heavy atom. The summed E-state index contributed by atoms with van der Waals surface area (Å²) in [4.78, 5) is 15.4. The van der Waals surface area contributed by atoms with Crippen LogP contribution in [-0.2, 0) is 0 Å². The molecule has 0 radical (unpaired) electrons. The molecule has 1 aromatic heterocycles. The molecule has 1 aromatic carbocycles. The molecule has 0 unspecified atom stereocenters. The van der Waals surface area contributed by atoms with Gasteiger partial charge in [0.1, 0.15) is 5.69 Å². The van der Waals surface area contributed by atoms with Crippen molar-refractivity contribution in [3.8, 4) is 6.19 Å². The molecule has 1 N–H and O–H groups in total. The van der Waals surface area contributed by atoms with Crippen molar-refractivity contribution in [1.82, 2.24) is 10.3 Å². The maximum atomic E-state index is 11.3. The molecule has 0 aliphatic heterocycles. The smallest absolute Gasteiger partial charge is 0.266 e. The Labute approximate surface area is 86.2 Å². The first-order chi connectivity index (χ1) is 7.31. The van der Waals surface area contributed by atoms with Gasteiger partial charge in [-0.25, -0.2) is 4.98 Å². The number of amides is 1. The topological polar surface area (TPSA) is 65.8 Å². The highest BCUT2D eigenvalue weighted by atomic mass is 16.1. The summed E-state index contributed by atoms with van der Waals surface area (Å²) in [7, 11) is 0. The van der Waals surface area contributed by atoms with Gasteiger partial charge in [0.15, 0.2) is 6.19 Å².